The number of hydrogen-bond donors (Lipinski definition) is 0. The molecule has 2 aromatic rings. The number of fused-ring (bicyclic) bond motifs is 1. The zero-order chi connectivity index (χ0) is 18.2. The van der Waals surface area contributed by atoms with E-state index in [0.717, 1.165) is 0 Å². The molecule has 6 heteroatoms. The molecule has 0 amide bonds. The molecule has 3 rings (SSSR count). The van der Waals surface area contributed by atoms with Gasteiger partial charge in [0.2, 0.25) is 0 Å². The maximum absolute atomic E-state index is 12.2. The zero-order valence-electron chi connectivity index (χ0n) is 14.4. The van der Waals surface area contributed by atoms with Gasteiger partial charge in [-0.05, 0) is 45.0 Å². The van der Waals surface area contributed by atoms with E-state index >= 15 is 0 Å². The molecular weight excluding hydrogens is 338 g/mol. The maximum Gasteiger partial charge on any atom is 0.357 e. The molecule has 2 heterocycles. The number of ketones is 1. The van der Waals surface area contributed by atoms with Crippen molar-refractivity contribution in [2.75, 3.05) is 5.75 Å². The van der Waals surface area contributed by atoms with Crippen molar-refractivity contribution in [3.63, 3.8) is 0 Å². The van der Waals surface area contributed by atoms with Crippen LogP contribution in [0.5, 0.6) is 0 Å². The number of aromatic nitrogens is 1. The van der Waals surface area contributed by atoms with Gasteiger partial charge in [0, 0.05) is 28.2 Å². The minimum absolute atomic E-state index is 0.0141. The van der Waals surface area contributed by atoms with E-state index in [0.29, 0.717) is 27.5 Å². The molecule has 1 unspecified atom stereocenters. The molecule has 0 spiro atoms. The van der Waals surface area contributed by atoms with E-state index in [1.807, 2.05) is 0 Å². The normalized spacial score (nSPS) is 17.1. The molecule has 1 aromatic carbocycles. The van der Waals surface area contributed by atoms with Gasteiger partial charge in [0.25, 0.3) is 0 Å². The predicted molar refractivity (Wildman–Crippen MR) is 95.1 cm³/mol. The third kappa shape index (κ3) is 3.85. The third-order valence-electron chi connectivity index (χ3n) is 3.69. The summed E-state index contributed by atoms with van der Waals surface area (Å²) >= 11 is 0. The molecule has 1 aliphatic rings. The zero-order valence-corrected chi connectivity index (χ0v) is 15.2. The van der Waals surface area contributed by atoms with E-state index in [1.165, 1.54) is 0 Å². The first kappa shape index (κ1) is 17.5. The molecule has 5 nitrogen and oxygen atoms in total. The first-order valence-corrected chi connectivity index (χ1v) is 9.33. The number of carbonyl (C=O) groups is 2. The van der Waals surface area contributed by atoms with Crippen LogP contribution >= 0.6 is 0 Å². The molecule has 0 radical (unpaired) electrons. The Morgan fingerprint density at radius 1 is 1.20 bits per heavy atom. The number of Topliss-reactive ketones (excluding diaryl/α,β-unsaturated/α-hetero) is 1. The Morgan fingerprint density at radius 3 is 2.68 bits per heavy atom. The van der Waals surface area contributed by atoms with E-state index in [4.69, 9.17) is 4.74 Å². The number of hydrogen-bond acceptors (Lipinski definition) is 5. The van der Waals surface area contributed by atoms with Gasteiger partial charge in [-0.2, -0.15) is 0 Å². The highest BCUT2D eigenvalue weighted by Gasteiger charge is 2.24. The Kier molecular flexibility index (Phi) is 4.56. The van der Waals surface area contributed by atoms with Crippen LogP contribution in [0, 0.1) is 0 Å². The molecule has 1 atom stereocenters. The van der Waals surface area contributed by atoms with Crippen LogP contribution in [0.4, 0.5) is 0 Å². The molecule has 0 saturated heterocycles. The lowest BCUT2D eigenvalue weighted by atomic mass is 10.0. The Hall–Kier alpha value is -2.34. The summed E-state index contributed by atoms with van der Waals surface area (Å²) in [5.74, 6) is -0.137. The van der Waals surface area contributed by atoms with Gasteiger partial charge in [0.05, 0.1) is 16.5 Å². The standard InChI is InChI=1S/C19H19NO4S/c1-19(2,3)24-18(22)15-6-4-5-14(20-15)12-7-8-17-13(11-12)16(21)9-10-25(17)23/h4-8,11H,9-10H2,1-3H3. The van der Waals surface area contributed by atoms with Gasteiger partial charge in [-0.15, -0.1) is 0 Å². The lowest BCUT2D eigenvalue weighted by Gasteiger charge is -2.19. The summed E-state index contributed by atoms with van der Waals surface area (Å²) in [6.07, 6.45) is 0.286. The fourth-order valence-corrected chi connectivity index (χ4v) is 3.80. The van der Waals surface area contributed by atoms with Crippen molar-refractivity contribution in [2.24, 2.45) is 0 Å². The van der Waals surface area contributed by atoms with Gasteiger partial charge in [-0.3, -0.25) is 9.00 Å². The SMILES string of the molecule is CC(C)(C)OC(=O)c1cccc(-c2ccc3c(c2)C(=O)CCS3=O)n1. The second-order valence-corrected chi connectivity index (χ2v) is 8.38. The van der Waals surface area contributed by atoms with Crippen molar-refractivity contribution < 1.29 is 18.5 Å². The van der Waals surface area contributed by atoms with Crippen LogP contribution in [0.2, 0.25) is 0 Å². The highest BCUT2D eigenvalue weighted by atomic mass is 32.2. The van der Waals surface area contributed by atoms with Gasteiger partial charge in [0.15, 0.2) is 5.78 Å². The van der Waals surface area contributed by atoms with Crippen LogP contribution in [0.1, 0.15) is 48.0 Å². The molecular formula is C19H19NO4S. The van der Waals surface area contributed by atoms with Crippen LogP contribution in [0.3, 0.4) is 0 Å². The van der Waals surface area contributed by atoms with Crippen molar-refractivity contribution in [2.45, 2.75) is 37.7 Å². The fourth-order valence-electron chi connectivity index (χ4n) is 2.58. The first-order valence-electron chi connectivity index (χ1n) is 8.01. The number of rotatable bonds is 2. The predicted octanol–water partition coefficient (Wildman–Crippen LogP) is 3.40. The van der Waals surface area contributed by atoms with Crippen LogP contribution in [-0.4, -0.2) is 32.3 Å². The van der Waals surface area contributed by atoms with Gasteiger partial charge in [0.1, 0.15) is 11.3 Å². The number of ether oxygens (including phenoxy) is 1. The Morgan fingerprint density at radius 2 is 1.96 bits per heavy atom. The molecule has 0 aliphatic carbocycles. The largest absolute Gasteiger partial charge is 0.455 e. The second-order valence-electron chi connectivity index (χ2n) is 6.84. The van der Waals surface area contributed by atoms with Crippen molar-refractivity contribution in [1.29, 1.82) is 0 Å². The number of nitrogens with zero attached hydrogens (tertiary/aromatic N) is 1. The Balaban J connectivity index is 1.97. The molecule has 1 aliphatic heterocycles. The van der Waals surface area contributed by atoms with E-state index in [9.17, 15) is 13.8 Å². The van der Waals surface area contributed by atoms with Crippen LogP contribution in [0.25, 0.3) is 11.3 Å². The minimum Gasteiger partial charge on any atom is -0.455 e. The number of carbonyl (C=O) groups excluding carboxylic acids is 2. The average Bonchev–Trinajstić information content (AvgIpc) is 2.56. The van der Waals surface area contributed by atoms with Gasteiger partial charge in [-0.1, -0.05) is 12.1 Å². The van der Waals surface area contributed by atoms with Gasteiger partial charge < -0.3 is 4.74 Å². The van der Waals surface area contributed by atoms with Crippen molar-refractivity contribution >= 4 is 22.6 Å². The summed E-state index contributed by atoms with van der Waals surface area (Å²) < 4.78 is 17.4. The van der Waals surface area contributed by atoms with Gasteiger partial charge >= 0.3 is 5.97 Å². The van der Waals surface area contributed by atoms with Crippen LogP contribution < -0.4 is 0 Å². The van der Waals surface area contributed by atoms with Crippen LogP contribution in [-0.2, 0) is 15.5 Å². The summed E-state index contributed by atoms with van der Waals surface area (Å²) in [6.45, 7) is 5.39. The fraction of sp³-hybridized carbons (Fsp3) is 0.316. The number of benzene rings is 1. The quantitative estimate of drug-likeness (QED) is 0.770. The summed E-state index contributed by atoms with van der Waals surface area (Å²) in [6, 6.07) is 10.3. The summed E-state index contributed by atoms with van der Waals surface area (Å²) in [4.78, 5) is 29.2. The lowest BCUT2D eigenvalue weighted by Crippen LogP contribution is -2.24. The Labute approximate surface area is 148 Å². The molecule has 0 saturated carbocycles. The van der Waals surface area contributed by atoms with Crippen LogP contribution in [0.15, 0.2) is 41.3 Å². The number of esters is 1. The molecule has 1 aromatic heterocycles. The molecule has 130 valence electrons. The summed E-state index contributed by atoms with van der Waals surface area (Å²) in [5, 5.41) is 0. The number of pyridine rings is 1. The van der Waals surface area contributed by atoms with Crippen molar-refractivity contribution in [1.82, 2.24) is 4.98 Å². The Bertz CT molecular complexity index is 883. The van der Waals surface area contributed by atoms with Crippen molar-refractivity contribution in [3.8, 4) is 11.3 Å². The monoisotopic (exact) mass is 357 g/mol. The first-order chi connectivity index (χ1) is 11.7. The maximum atomic E-state index is 12.2. The van der Waals surface area contributed by atoms with E-state index in [-0.39, 0.29) is 17.9 Å². The van der Waals surface area contributed by atoms with Crippen molar-refractivity contribution in [3.05, 3.63) is 47.7 Å². The van der Waals surface area contributed by atoms with E-state index in [2.05, 4.69) is 4.98 Å². The minimum atomic E-state index is -1.14. The summed E-state index contributed by atoms with van der Waals surface area (Å²) in [7, 11) is -1.14. The molecule has 25 heavy (non-hydrogen) atoms. The molecule has 0 bridgehead atoms. The highest BCUT2D eigenvalue weighted by molar-refractivity contribution is 7.85. The second kappa shape index (κ2) is 6.52. The summed E-state index contributed by atoms with van der Waals surface area (Å²) in [5.41, 5.74) is 1.36. The topological polar surface area (TPSA) is 73.3 Å². The average molecular weight is 357 g/mol. The van der Waals surface area contributed by atoms with E-state index < -0.39 is 22.4 Å². The smallest absolute Gasteiger partial charge is 0.357 e. The molecule has 0 N–H and O–H groups in total. The highest BCUT2D eigenvalue weighted by Crippen LogP contribution is 2.27. The third-order valence-corrected chi connectivity index (χ3v) is 5.11. The lowest BCUT2D eigenvalue weighted by molar-refractivity contribution is 0.00629. The van der Waals surface area contributed by atoms with Gasteiger partial charge in [-0.25, -0.2) is 9.78 Å². The molecule has 0 fully saturated rings. The van der Waals surface area contributed by atoms with E-state index in [1.54, 1.807) is 57.2 Å².